The van der Waals surface area contributed by atoms with Crippen LogP contribution in [-0.2, 0) is 11.2 Å². The van der Waals surface area contributed by atoms with E-state index in [1.54, 1.807) is 7.11 Å². The van der Waals surface area contributed by atoms with Gasteiger partial charge in [-0.15, -0.1) is 10.2 Å². The van der Waals surface area contributed by atoms with Gasteiger partial charge < -0.3 is 10.1 Å². The van der Waals surface area contributed by atoms with Crippen molar-refractivity contribution in [2.45, 2.75) is 25.4 Å². The topological polar surface area (TPSA) is 69.0 Å². The van der Waals surface area contributed by atoms with Gasteiger partial charge in [0.2, 0.25) is 5.91 Å². The third-order valence-corrected chi connectivity index (χ3v) is 5.32. The number of ether oxygens (including phenoxy) is 1. The van der Waals surface area contributed by atoms with Gasteiger partial charge in [-0.05, 0) is 43.5 Å². The highest BCUT2D eigenvalue weighted by Crippen LogP contribution is 2.23. The first-order valence-corrected chi connectivity index (χ1v) is 10.1. The van der Waals surface area contributed by atoms with Crippen LogP contribution in [0, 0.1) is 13.8 Å². The Balaban J connectivity index is 1.56. The number of hydrogen-bond donors (Lipinski definition) is 1. The molecule has 1 N–H and O–H groups in total. The number of rotatable bonds is 8. The van der Waals surface area contributed by atoms with Crippen molar-refractivity contribution in [1.82, 2.24) is 20.1 Å². The minimum absolute atomic E-state index is 0.0307. The fourth-order valence-electron chi connectivity index (χ4n) is 2.96. The molecule has 0 aliphatic carbocycles. The summed E-state index contributed by atoms with van der Waals surface area (Å²) >= 11 is 1.39. The van der Waals surface area contributed by atoms with Crippen molar-refractivity contribution in [3.8, 4) is 11.4 Å². The Hall–Kier alpha value is -2.80. The number of aromatic nitrogens is 3. The summed E-state index contributed by atoms with van der Waals surface area (Å²) in [6.45, 7) is 4.52. The van der Waals surface area contributed by atoms with Gasteiger partial charge in [0.25, 0.3) is 0 Å². The molecule has 0 saturated heterocycles. The van der Waals surface area contributed by atoms with Gasteiger partial charge in [0.1, 0.15) is 11.6 Å². The normalized spacial score (nSPS) is 10.7. The molecule has 3 aromatic rings. The van der Waals surface area contributed by atoms with Crippen LogP contribution < -0.4 is 10.1 Å². The second kappa shape index (κ2) is 9.41. The lowest BCUT2D eigenvalue weighted by atomic mass is 10.1. The van der Waals surface area contributed by atoms with Crippen LogP contribution in [0.2, 0.25) is 0 Å². The van der Waals surface area contributed by atoms with Gasteiger partial charge >= 0.3 is 0 Å². The van der Waals surface area contributed by atoms with Crippen molar-refractivity contribution in [3.63, 3.8) is 0 Å². The molecule has 28 heavy (non-hydrogen) atoms. The number of aryl methyl sites for hydroxylation is 2. The van der Waals surface area contributed by atoms with Crippen LogP contribution in [-0.4, -0.2) is 40.1 Å². The SMILES string of the molecule is COc1ccccc1CCNC(=O)CSc1nnc(C)n1-c1ccccc1C. The van der Waals surface area contributed by atoms with Crippen LogP contribution in [0.3, 0.4) is 0 Å². The fraction of sp³-hybridized carbons (Fsp3) is 0.286. The van der Waals surface area contributed by atoms with Gasteiger partial charge in [-0.3, -0.25) is 9.36 Å². The Morgan fingerprint density at radius 2 is 1.86 bits per heavy atom. The Morgan fingerprint density at radius 3 is 2.64 bits per heavy atom. The van der Waals surface area contributed by atoms with Crippen LogP contribution in [0.5, 0.6) is 5.75 Å². The number of nitrogens with one attached hydrogen (secondary N) is 1. The number of carbonyl (C=O) groups excluding carboxylic acids is 1. The number of amides is 1. The maximum atomic E-state index is 12.3. The standard InChI is InChI=1S/C21H24N4O2S/c1-15-8-4-6-10-18(15)25-16(2)23-24-21(25)28-14-20(26)22-13-12-17-9-5-7-11-19(17)27-3/h4-11H,12-14H2,1-3H3,(H,22,26). The Morgan fingerprint density at radius 1 is 1.11 bits per heavy atom. The summed E-state index contributed by atoms with van der Waals surface area (Å²) in [5, 5.41) is 12.1. The molecule has 146 valence electrons. The lowest BCUT2D eigenvalue weighted by Crippen LogP contribution is -2.27. The smallest absolute Gasteiger partial charge is 0.230 e. The van der Waals surface area contributed by atoms with E-state index in [1.165, 1.54) is 11.8 Å². The predicted octanol–water partition coefficient (Wildman–Crippen LogP) is 3.34. The summed E-state index contributed by atoms with van der Waals surface area (Å²) in [6, 6.07) is 15.9. The largest absolute Gasteiger partial charge is 0.496 e. The van der Waals surface area contributed by atoms with Crippen LogP contribution in [0.4, 0.5) is 0 Å². The average Bonchev–Trinajstić information content (AvgIpc) is 3.07. The van der Waals surface area contributed by atoms with E-state index >= 15 is 0 Å². The molecule has 1 heterocycles. The molecule has 0 radical (unpaired) electrons. The van der Waals surface area contributed by atoms with E-state index in [9.17, 15) is 4.79 Å². The second-order valence-corrected chi connectivity index (χ2v) is 7.29. The maximum Gasteiger partial charge on any atom is 0.230 e. The van der Waals surface area contributed by atoms with E-state index < -0.39 is 0 Å². The number of hydrogen-bond acceptors (Lipinski definition) is 5. The summed E-state index contributed by atoms with van der Waals surface area (Å²) in [6.07, 6.45) is 0.721. The van der Waals surface area contributed by atoms with Crippen molar-refractivity contribution >= 4 is 17.7 Å². The first-order valence-electron chi connectivity index (χ1n) is 9.09. The van der Waals surface area contributed by atoms with E-state index in [1.807, 2.05) is 66.9 Å². The second-order valence-electron chi connectivity index (χ2n) is 6.35. The Labute approximate surface area is 169 Å². The molecule has 3 rings (SSSR count). The summed E-state index contributed by atoms with van der Waals surface area (Å²) in [5.74, 6) is 1.90. The minimum Gasteiger partial charge on any atom is -0.496 e. The molecule has 0 bridgehead atoms. The van der Waals surface area contributed by atoms with Crippen LogP contribution >= 0.6 is 11.8 Å². The highest BCUT2D eigenvalue weighted by Gasteiger charge is 2.14. The molecule has 6 nitrogen and oxygen atoms in total. The zero-order valence-corrected chi connectivity index (χ0v) is 17.1. The summed E-state index contributed by atoms with van der Waals surface area (Å²) < 4.78 is 7.33. The van der Waals surface area contributed by atoms with Crippen molar-refractivity contribution in [2.24, 2.45) is 0 Å². The molecule has 0 spiro atoms. The van der Waals surface area contributed by atoms with E-state index in [4.69, 9.17) is 4.74 Å². The summed E-state index contributed by atoms with van der Waals surface area (Å²) in [7, 11) is 1.65. The van der Waals surface area contributed by atoms with Gasteiger partial charge in [0, 0.05) is 6.54 Å². The van der Waals surface area contributed by atoms with E-state index in [2.05, 4.69) is 15.5 Å². The Bertz CT molecular complexity index is 955. The molecular formula is C21H24N4O2S. The molecule has 0 fully saturated rings. The first-order chi connectivity index (χ1) is 13.6. The number of carbonyl (C=O) groups is 1. The molecule has 0 aliphatic rings. The minimum atomic E-state index is -0.0307. The molecule has 0 saturated carbocycles. The molecule has 7 heteroatoms. The zero-order valence-electron chi connectivity index (χ0n) is 16.3. The zero-order chi connectivity index (χ0) is 19.9. The van der Waals surface area contributed by atoms with Crippen LogP contribution in [0.1, 0.15) is 17.0 Å². The summed E-state index contributed by atoms with van der Waals surface area (Å²) in [5.41, 5.74) is 3.24. The molecule has 2 aromatic carbocycles. The lowest BCUT2D eigenvalue weighted by Gasteiger charge is -2.11. The third-order valence-electron chi connectivity index (χ3n) is 4.39. The molecule has 0 unspecified atom stereocenters. The maximum absolute atomic E-state index is 12.3. The number of methoxy groups -OCH3 is 1. The number of nitrogens with zero attached hydrogens (tertiary/aromatic N) is 3. The number of thioether (sulfide) groups is 1. The first kappa shape index (κ1) is 19.9. The molecular weight excluding hydrogens is 372 g/mol. The third kappa shape index (κ3) is 4.72. The van der Waals surface area contributed by atoms with Crippen LogP contribution in [0.25, 0.3) is 5.69 Å². The van der Waals surface area contributed by atoms with Crippen molar-refractivity contribution in [2.75, 3.05) is 19.4 Å². The van der Waals surface area contributed by atoms with Gasteiger partial charge in [-0.2, -0.15) is 0 Å². The predicted molar refractivity (Wildman–Crippen MR) is 111 cm³/mol. The monoisotopic (exact) mass is 396 g/mol. The van der Waals surface area contributed by atoms with Gasteiger partial charge in [0.15, 0.2) is 5.16 Å². The van der Waals surface area contributed by atoms with Crippen molar-refractivity contribution in [1.29, 1.82) is 0 Å². The number of para-hydroxylation sites is 2. The summed E-state index contributed by atoms with van der Waals surface area (Å²) in [4.78, 5) is 12.3. The fourth-order valence-corrected chi connectivity index (χ4v) is 3.78. The van der Waals surface area contributed by atoms with E-state index in [0.717, 1.165) is 34.8 Å². The highest BCUT2D eigenvalue weighted by molar-refractivity contribution is 7.99. The molecule has 1 amide bonds. The molecule has 1 aromatic heterocycles. The average molecular weight is 397 g/mol. The quantitative estimate of drug-likeness (QED) is 0.592. The number of benzene rings is 2. The highest BCUT2D eigenvalue weighted by atomic mass is 32.2. The van der Waals surface area contributed by atoms with Gasteiger partial charge in [-0.25, -0.2) is 0 Å². The van der Waals surface area contributed by atoms with Crippen LogP contribution in [0.15, 0.2) is 53.7 Å². The van der Waals surface area contributed by atoms with Crippen molar-refractivity contribution in [3.05, 3.63) is 65.5 Å². The Kier molecular flexibility index (Phi) is 6.71. The van der Waals surface area contributed by atoms with Crippen molar-refractivity contribution < 1.29 is 9.53 Å². The van der Waals surface area contributed by atoms with Gasteiger partial charge in [0.05, 0.1) is 18.6 Å². The van der Waals surface area contributed by atoms with E-state index in [-0.39, 0.29) is 11.7 Å². The molecule has 0 aliphatic heterocycles. The van der Waals surface area contributed by atoms with Gasteiger partial charge in [-0.1, -0.05) is 48.2 Å². The molecule has 0 atom stereocenters. The lowest BCUT2D eigenvalue weighted by molar-refractivity contribution is -0.118. The van der Waals surface area contributed by atoms with E-state index in [0.29, 0.717) is 11.7 Å².